The van der Waals surface area contributed by atoms with Crippen molar-refractivity contribution in [1.29, 1.82) is 0 Å². The number of carbonyl (C=O) groups is 2. The van der Waals surface area contributed by atoms with Crippen molar-refractivity contribution in [2.24, 2.45) is 0 Å². The zero-order chi connectivity index (χ0) is 18.1. The second-order valence-electron chi connectivity index (χ2n) is 5.53. The van der Waals surface area contributed by atoms with Crippen LogP contribution in [0.1, 0.15) is 23.5 Å². The number of hydrogen-bond donors (Lipinski definition) is 2. The van der Waals surface area contributed by atoms with Gasteiger partial charge in [-0.2, -0.15) is 0 Å². The van der Waals surface area contributed by atoms with Gasteiger partial charge in [0.2, 0.25) is 5.91 Å². The van der Waals surface area contributed by atoms with E-state index in [1.165, 1.54) is 24.3 Å². The van der Waals surface area contributed by atoms with E-state index in [0.29, 0.717) is 12.2 Å². The third kappa shape index (κ3) is 6.35. The largest absolute Gasteiger partial charge is 0.481 e. The molecule has 0 radical (unpaired) electrons. The molecule has 1 atom stereocenters. The molecule has 132 valence electrons. The number of carboxylic acids is 1. The van der Waals surface area contributed by atoms with Crippen molar-refractivity contribution in [1.82, 2.24) is 5.32 Å². The van der Waals surface area contributed by atoms with Crippen LogP contribution in [-0.2, 0) is 20.9 Å². The van der Waals surface area contributed by atoms with Crippen LogP contribution < -0.4 is 5.32 Å². The average molecular weight is 345 g/mol. The molecule has 1 amide bonds. The second kappa shape index (κ2) is 9.54. The molecule has 0 saturated heterocycles. The van der Waals surface area contributed by atoms with Gasteiger partial charge in [0.1, 0.15) is 5.82 Å². The van der Waals surface area contributed by atoms with Gasteiger partial charge in [-0.15, -0.1) is 0 Å². The van der Waals surface area contributed by atoms with Crippen LogP contribution in [-0.4, -0.2) is 30.1 Å². The molecule has 2 aromatic rings. The Labute approximate surface area is 145 Å². The summed E-state index contributed by atoms with van der Waals surface area (Å²) in [7, 11) is 0. The molecule has 0 aromatic heterocycles. The Morgan fingerprint density at radius 2 is 1.76 bits per heavy atom. The highest BCUT2D eigenvalue weighted by molar-refractivity contribution is 5.79. The number of carboxylic acid groups (broad SMARTS) is 1. The lowest BCUT2D eigenvalue weighted by Crippen LogP contribution is -2.32. The Morgan fingerprint density at radius 1 is 1.08 bits per heavy atom. The highest BCUT2D eigenvalue weighted by Crippen LogP contribution is 2.16. The van der Waals surface area contributed by atoms with E-state index < -0.39 is 17.7 Å². The van der Waals surface area contributed by atoms with Gasteiger partial charge in [-0.25, -0.2) is 4.39 Å². The first kappa shape index (κ1) is 18.6. The summed E-state index contributed by atoms with van der Waals surface area (Å²) in [6, 6.07) is 14.8. The standard InChI is InChI=1S/C19H20FNO4/c20-16-8-6-15(7-9-16)17(19(23)24)12-21-18(22)10-11-25-13-14-4-2-1-3-5-14/h1-9,17H,10-13H2,(H,21,22)(H,23,24). The highest BCUT2D eigenvalue weighted by atomic mass is 19.1. The Bertz CT molecular complexity index is 688. The summed E-state index contributed by atoms with van der Waals surface area (Å²) < 4.78 is 18.4. The van der Waals surface area contributed by atoms with Crippen molar-refractivity contribution in [2.45, 2.75) is 18.9 Å². The summed E-state index contributed by atoms with van der Waals surface area (Å²) >= 11 is 0. The number of ether oxygens (including phenoxy) is 1. The third-order valence-corrected chi connectivity index (χ3v) is 3.66. The molecular formula is C19H20FNO4. The van der Waals surface area contributed by atoms with E-state index in [2.05, 4.69) is 5.32 Å². The summed E-state index contributed by atoms with van der Waals surface area (Å²) in [6.45, 7) is 0.606. The SMILES string of the molecule is O=C(CCOCc1ccccc1)NCC(C(=O)O)c1ccc(F)cc1. The van der Waals surface area contributed by atoms with Crippen molar-refractivity contribution >= 4 is 11.9 Å². The van der Waals surface area contributed by atoms with Gasteiger partial charge in [0, 0.05) is 13.0 Å². The number of hydrogen-bond acceptors (Lipinski definition) is 3. The Kier molecular flexibility index (Phi) is 7.10. The van der Waals surface area contributed by atoms with Gasteiger partial charge in [0.25, 0.3) is 0 Å². The first-order chi connectivity index (χ1) is 12.1. The first-order valence-corrected chi connectivity index (χ1v) is 7.93. The summed E-state index contributed by atoms with van der Waals surface area (Å²) in [4.78, 5) is 23.2. The normalized spacial score (nSPS) is 11.7. The van der Waals surface area contributed by atoms with E-state index >= 15 is 0 Å². The first-order valence-electron chi connectivity index (χ1n) is 7.93. The molecule has 2 N–H and O–H groups in total. The number of amides is 1. The van der Waals surface area contributed by atoms with E-state index in [4.69, 9.17) is 4.74 Å². The van der Waals surface area contributed by atoms with Crippen molar-refractivity contribution in [3.63, 3.8) is 0 Å². The summed E-state index contributed by atoms with van der Waals surface area (Å²) in [6.07, 6.45) is 0.141. The fraction of sp³-hybridized carbons (Fsp3) is 0.263. The number of aliphatic carboxylic acids is 1. The molecule has 6 heteroatoms. The number of nitrogens with one attached hydrogen (secondary N) is 1. The fourth-order valence-corrected chi connectivity index (χ4v) is 2.28. The smallest absolute Gasteiger partial charge is 0.312 e. The van der Waals surface area contributed by atoms with Crippen molar-refractivity contribution in [3.8, 4) is 0 Å². The molecule has 2 aromatic carbocycles. The zero-order valence-corrected chi connectivity index (χ0v) is 13.7. The molecule has 0 saturated carbocycles. The van der Waals surface area contributed by atoms with Crippen LogP contribution >= 0.6 is 0 Å². The van der Waals surface area contributed by atoms with E-state index in [9.17, 15) is 19.1 Å². The van der Waals surface area contributed by atoms with Gasteiger partial charge in [0.05, 0.1) is 19.1 Å². The molecule has 0 fully saturated rings. The number of rotatable bonds is 9. The molecule has 0 heterocycles. The number of halogens is 1. The highest BCUT2D eigenvalue weighted by Gasteiger charge is 2.20. The van der Waals surface area contributed by atoms with Crippen LogP contribution in [0.2, 0.25) is 0 Å². The van der Waals surface area contributed by atoms with Crippen molar-refractivity contribution in [3.05, 3.63) is 71.5 Å². The van der Waals surface area contributed by atoms with Crippen LogP contribution in [0.25, 0.3) is 0 Å². The molecule has 0 spiro atoms. The van der Waals surface area contributed by atoms with Crippen LogP contribution in [0.3, 0.4) is 0 Å². The van der Waals surface area contributed by atoms with Crippen LogP contribution in [0.15, 0.2) is 54.6 Å². The van der Waals surface area contributed by atoms with Crippen molar-refractivity contribution in [2.75, 3.05) is 13.2 Å². The Balaban J connectivity index is 1.73. The van der Waals surface area contributed by atoms with Gasteiger partial charge < -0.3 is 15.2 Å². The van der Waals surface area contributed by atoms with Gasteiger partial charge in [-0.1, -0.05) is 42.5 Å². The lowest BCUT2D eigenvalue weighted by atomic mass is 9.99. The molecule has 0 aliphatic carbocycles. The molecular weight excluding hydrogens is 325 g/mol. The van der Waals surface area contributed by atoms with Gasteiger partial charge in [-0.05, 0) is 23.3 Å². The molecule has 25 heavy (non-hydrogen) atoms. The van der Waals surface area contributed by atoms with Gasteiger partial charge in [0.15, 0.2) is 0 Å². The maximum Gasteiger partial charge on any atom is 0.312 e. The van der Waals surface area contributed by atoms with E-state index in [0.717, 1.165) is 5.56 Å². The minimum atomic E-state index is -1.08. The lowest BCUT2D eigenvalue weighted by molar-refractivity contribution is -0.138. The molecule has 1 unspecified atom stereocenters. The Hall–Kier alpha value is -2.73. The zero-order valence-electron chi connectivity index (χ0n) is 13.7. The van der Waals surface area contributed by atoms with Crippen LogP contribution in [0, 0.1) is 5.82 Å². The van der Waals surface area contributed by atoms with Crippen LogP contribution in [0.5, 0.6) is 0 Å². The quantitative estimate of drug-likeness (QED) is 0.685. The average Bonchev–Trinajstić information content (AvgIpc) is 2.61. The predicted octanol–water partition coefficient (Wildman–Crippen LogP) is 2.72. The molecule has 2 rings (SSSR count). The van der Waals surface area contributed by atoms with Gasteiger partial charge in [-0.3, -0.25) is 9.59 Å². The summed E-state index contributed by atoms with van der Waals surface area (Å²) in [5, 5.41) is 11.9. The minimum absolute atomic E-state index is 0.0571. The minimum Gasteiger partial charge on any atom is -0.481 e. The predicted molar refractivity (Wildman–Crippen MR) is 90.5 cm³/mol. The second-order valence-corrected chi connectivity index (χ2v) is 5.53. The molecule has 0 aliphatic heterocycles. The van der Waals surface area contributed by atoms with E-state index in [1.807, 2.05) is 30.3 Å². The summed E-state index contributed by atoms with van der Waals surface area (Å²) in [5.74, 6) is -2.73. The third-order valence-electron chi connectivity index (χ3n) is 3.66. The monoisotopic (exact) mass is 345 g/mol. The van der Waals surface area contributed by atoms with Gasteiger partial charge >= 0.3 is 5.97 Å². The maximum absolute atomic E-state index is 12.9. The molecule has 5 nitrogen and oxygen atoms in total. The fourth-order valence-electron chi connectivity index (χ4n) is 2.28. The van der Waals surface area contributed by atoms with Crippen molar-refractivity contribution < 1.29 is 23.8 Å². The number of carbonyl (C=O) groups excluding carboxylic acids is 1. The van der Waals surface area contributed by atoms with E-state index in [-0.39, 0.29) is 25.5 Å². The summed E-state index contributed by atoms with van der Waals surface area (Å²) in [5.41, 5.74) is 1.46. The topological polar surface area (TPSA) is 75.6 Å². The number of benzene rings is 2. The molecule has 0 bridgehead atoms. The van der Waals surface area contributed by atoms with Crippen LogP contribution in [0.4, 0.5) is 4.39 Å². The lowest BCUT2D eigenvalue weighted by Gasteiger charge is -2.14. The molecule has 0 aliphatic rings. The maximum atomic E-state index is 12.9. The Morgan fingerprint density at radius 3 is 2.40 bits per heavy atom. The van der Waals surface area contributed by atoms with E-state index in [1.54, 1.807) is 0 Å².